The standard InChI is InChI=1S/C15H17ClN4O/c1-20(12-6-3-2-4-7-12)9-5-8-18-15(21)13-10-17-11-14(16)19-13/h2-4,6-7,10-11H,5,8-9H2,1H3,(H,18,21). The van der Waals surface area contributed by atoms with Crippen LogP contribution in [0.15, 0.2) is 42.7 Å². The summed E-state index contributed by atoms with van der Waals surface area (Å²) in [5, 5.41) is 3.02. The highest BCUT2D eigenvalue weighted by Crippen LogP contribution is 2.10. The van der Waals surface area contributed by atoms with Gasteiger partial charge in [-0.25, -0.2) is 4.98 Å². The fraction of sp³-hybridized carbons (Fsp3) is 0.267. The van der Waals surface area contributed by atoms with Crippen molar-refractivity contribution in [2.24, 2.45) is 0 Å². The maximum absolute atomic E-state index is 11.8. The predicted octanol–water partition coefficient (Wildman–Crippen LogP) is 2.39. The molecule has 1 amide bonds. The molecule has 5 nitrogen and oxygen atoms in total. The van der Waals surface area contributed by atoms with Gasteiger partial charge in [-0.15, -0.1) is 0 Å². The third-order valence-corrected chi connectivity index (χ3v) is 3.17. The molecule has 1 aromatic heterocycles. The molecular formula is C15H17ClN4O. The zero-order chi connectivity index (χ0) is 15.1. The third kappa shape index (κ3) is 4.72. The highest BCUT2D eigenvalue weighted by atomic mass is 35.5. The van der Waals surface area contributed by atoms with Gasteiger partial charge < -0.3 is 10.2 Å². The zero-order valence-electron chi connectivity index (χ0n) is 11.8. The molecule has 1 aromatic carbocycles. The molecule has 0 aliphatic heterocycles. The first-order valence-electron chi connectivity index (χ1n) is 6.69. The van der Waals surface area contributed by atoms with Gasteiger partial charge in [0.25, 0.3) is 5.91 Å². The van der Waals surface area contributed by atoms with Crippen molar-refractivity contribution in [2.75, 3.05) is 25.0 Å². The van der Waals surface area contributed by atoms with Crippen molar-refractivity contribution >= 4 is 23.2 Å². The Labute approximate surface area is 129 Å². The summed E-state index contributed by atoms with van der Waals surface area (Å²) in [6, 6.07) is 10.1. The molecule has 1 heterocycles. The summed E-state index contributed by atoms with van der Waals surface area (Å²) in [5.74, 6) is -0.257. The van der Waals surface area contributed by atoms with E-state index in [0.29, 0.717) is 6.54 Å². The van der Waals surface area contributed by atoms with Crippen molar-refractivity contribution in [2.45, 2.75) is 6.42 Å². The minimum Gasteiger partial charge on any atom is -0.375 e. The number of benzene rings is 1. The molecule has 0 aliphatic rings. The van der Waals surface area contributed by atoms with E-state index in [1.165, 1.54) is 12.4 Å². The number of carbonyl (C=O) groups is 1. The van der Waals surface area contributed by atoms with Crippen molar-refractivity contribution < 1.29 is 4.79 Å². The number of hydrogen-bond acceptors (Lipinski definition) is 4. The van der Waals surface area contributed by atoms with Crippen LogP contribution in [-0.2, 0) is 0 Å². The van der Waals surface area contributed by atoms with Crippen LogP contribution in [0.1, 0.15) is 16.9 Å². The van der Waals surface area contributed by atoms with E-state index in [4.69, 9.17) is 11.6 Å². The lowest BCUT2D eigenvalue weighted by Crippen LogP contribution is -2.28. The first kappa shape index (κ1) is 15.3. The number of amides is 1. The predicted molar refractivity (Wildman–Crippen MR) is 83.7 cm³/mol. The van der Waals surface area contributed by atoms with Crippen LogP contribution in [0.4, 0.5) is 5.69 Å². The van der Waals surface area contributed by atoms with Gasteiger partial charge in [0.05, 0.1) is 12.4 Å². The maximum Gasteiger partial charge on any atom is 0.271 e. The van der Waals surface area contributed by atoms with Crippen molar-refractivity contribution in [3.05, 3.63) is 53.6 Å². The summed E-state index contributed by atoms with van der Waals surface area (Å²) in [6.07, 6.45) is 3.63. The average molecular weight is 305 g/mol. The molecule has 6 heteroatoms. The SMILES string of the molecule is CN(CCCNC(=O)c1cncc(Cl)n1)c1ccccc1. The lowest BCUT2D eigenvalue weighted by atomic mass is 10.3. The molecule has 0 bridgehead atoms. The Hall–Kier alpha value is -2.14. The summed E-state index contributed by atoms with van der Waals surface area (Å²) in [5.41, 5.74) is 1.39. The van der Waals surface area contributed by atoms with Gasteiger partial charge in [-0.05, 0) is 18.6 Å². The lowest BCUT2D eigenvalue weighted by Gasteiger charge is -2.19. The Morgan fingerprint density at radius 3 is 2.76 bits per heavy atom. The minimum absolute atomic E-state index is 0.214. The van der Waals surface area contributed by atoms with E-state index in [-0.39, 0.29) is 16.8 Å². The zero-order valence-corrected chi connectivity index (χ0v) is 12.5. The molecule has 2 aromatic rings. The third-order valence-electron chi connectivity index (χ3n) is 2.99. The van der Waals surface area contributed by atoms with Crippen molar-refractivity contribution in [1.82, 2.24) is 15.3 Å². The highest BCUT2D eigenvalue weighted by molar-refractivity contribution is 6.29. The molecule has 0 saturated carbocycles. The Balaban J connectivity index is 1.74. The second kappa shape index (κ2) is 7.59. The Kier molecular flexibility index (Phi) is 5.51. The number of rotatable bonds is 6. The van der Waals surface area contributed by atoms with Gasteiger partial charge >= 0.3 is 0 Å². The van der Waals surface area contributed by atoms with Crippen LogP contribution < -0.4 is 10.2 Å². The Morgan fingerprint density at radius 1 is 1.29 bits per heavy atom. The fourth-order valence-electron chi connectivity index (χ4n) is 1.87. The number of hydrogen-bond donors (Lipinski definition) is 1. The molecule has 0 unspecified atom stereocenters. The quantitative estimate of drug-likeness (QED) is 0.833. The molecule has 0 radical (unpaired) electrons. The molecule has 110 valence electrons. The number of aromatic nitrogens is 2. The molecular weight excluding hydrogens is 288 g/mol. The number of nitrogens with one attached hydrogen (secondary N) is 1. The van der Waals surface area contributed by atoms with Crippen molar-refractivity contribution in [3.8, 4) is 0 Å². The van der Waals surface area contributed by atoms with Crippen molar-refractivity contribution in [3.63, 3.8) is 0 Å². The summed E-state index contributed by atoms with van der Waals surface area (Å²) in [6.45, 7) is 1.43. The molecule has 0 aliphatic carbocycles. The first-order chi connectivity index (χ1) is 10.2. The second-order valence-electron chi connectivity index (χ2n) is 4.59. The van der Waals surface area contributed by atoms with Crippen LogP contribution in [0.3, 0.4) is 0 Å². The monoisotopic (exact) mass is 304 g/mol. The van der Waals surface area contributed by atoms with E-state index in [1.54, 1.807) is 0 Å². The van der Waals surface area contributed by atoms with Crippen LogP contribution in [0, 0.1) is 0 Å². The van der Waals surface area contributed by atoms with Gasteiger partial charge in [0, 0.05) is 25.8 Å². The average Bonchev–Trinajstić information content (AvgIpc) is 2.52. The molecule has 2 rings (SSSR count). The lowest BCUT2D eigenvalue weighted by molar-refractivity contribution is 0.0948. The largest absolute Gasteiger partial charge is 0.375 e. The molecule has 0 fully saturated rings. The van der Waals surface area contributed by atoms with Crippen LogP contribution in [0.25, 0.3) is 0 Å². The van der Waals surface area contributed by atoms with Crippen LogP contribution in [0.5, 0.6) is 0 Å². The van der Waals surface area contributed by atoms with Gasteiger partial charge in [0.2, 0.25) is 0 Å². The van der Waals surface area contributed by atoms with Gasteiger partial charge in [-0.2, -0.15) is 0 Å². The van der Waals surface area contributed by atoms with Gasteiger partial charge in [-0.1, -0.05) is 29.8 Å². The number of halogens is 1. The summed E-state index contributed by atoms with van der Waals surface area (Å²) < 4.78 is 0. The normalized spacial score (nSPS) is 10.2. The summed E-state index contributed by atoms with van der Waals surface area (Å²) in [7, 11) is 2.03. The Bertz CT molecular complexity index is 591. The van der Waals surface area contributed by atoms with Crippen LogP contribution in [-0.4, -0.2) is 36.0 Å². The smallest absolute Gasteiger partial charge is 0.271 e. The van der Waals surface area contributed by atoms with E-state index in [1.807, 2.05) is 25.2 Å². The van der Waals surface area contributed by atoms with Gasteiger partial charge in [0.1, 0.15) is 10.8 Å². The molecule has 21 heavy (non-hydrogen) atoms. The highest BCUT2D eigenvalue weighted by Gasteiger charge is 2.07. The maximum atomic E-state index is 11.8. The van der Waals surface area contributed by atoms with E-state index in [2.05, 4.69) is 32.3 Å². The topological polar surface area (TPSA) is 58.1 Å². The summed E-state index contributed by atoms with van der Waals surface area (Å²) >= 11 is 5.70. The molecule has 0 atom stereocenters. The number of para-hydroxylation sites is 1. The number of carbonyl (C=O) groups excluding carboxylic acids is 1. The molecule has 0 saturated heterocycles. The first-order valence-corrected chi connectivity index (χ1v) is 7.06. The van der Waals surface area contributed by atoms with E-state index >= 15 is 0 Å². The minimum atomic E-state index is -0.257. The van der Waals surface area contributed by atoms with E-state index in [9.17, 15) is 4.79 Å². The van der Waals surface area contributed by atoms with Crippen molar-refractivity contribution in [1.29, 1.82) is 0 Å². The molecule has 1 N–H and O–H groups in total. The fourth-order valence-corrected chi connectivity index (χ4v) is 2.02. The van der Waals surface area contributed by atoms with E-state index in [0.717, 1.165) is 18.7 Å². The van der Waals surface area contributed by atoms with Crippen LogP contribution in [0.2, 0.25) is 5.15 Å². The summed E-state index contributed by atoms with van der Waals surface area (Å²) in [4.78, 5) is 21.7. The number of nitrogens with zero attached hydrogens (tertiary/aromatic N) is 3. The molecule has 0 spiro atoms. The Morgan fingerprint density at radius 2 is 2.05 bits per heavy atom. The van der Waals surface area contributed by atoms with Gasteiger partial charge in [0.15, 0.2) is 0 Å². The second-order valence-corrected chi connectivity index (χ2v) is 4.98. The van der Waals surface area contributed by atoms with Crippen LogP contribution >= 0.6 is 11.6 Å². The van der Waals surface area contributed by atoms with E-state index < -0.39 is 0 Å². The van der Waals surface area contributed by atoms with Gasteiger partial charge in [-0.3, -0.25) is 9.78 Å². The number of anilines is 1.